The van der Waals surface area contributed by atoms with Crippen LogP contribution in [0.15, 0.2) is 30.3 Å². The number of nitrogens with zero attached hydrogens (tertiary/aromatic N) is 3. The second-order valence-corrected chi connectivity index (χ2v) is 4.40. The van der Waals surface area contributed by atoms with Crippen molar-refractivity contribution in [2.24, 2.45) is 0 Å². The standard InChI is InChI=1S/C14H14N4/c15-10-13-14(18-7-5-16-6-8-18)9-11-3-1-2-4-12(11)17-13/h1-4,9,16H,5-8H2. The van der Waals surface area contributed by atoms with Crippen LogP contribution in [0.5, 0.6) is 0 Å². The van der Waals surface area contributed by atoms with Crippen LogP contribution >= 0.6 is 0 Å². The van der Waals surface area contributed by atoms with E-state index in [4.69, 9.17) is 0 Å². The van der Waals surface area contributed by atoms with Gasteiger partial charge >= 0.3 is 0 Å². The number of hydrogen-bond donors (Lipinski definition) is 1. The van der Waals surface area contributed by atoms with Crippen molar-refractivity contribution in [3.05, 3.63) is 36.0 Å². The van der Waals surface area contributed by atoms with Crippen LogP contribution < -0.4 is 10.2 Å². The third-order valence-electron chi connectivity index (χ3n) is 3.27. The molecule has 2 heterocycles. The summed E-state index contributed by atoms with van der Waals surface area (Å²) in [5.74, 6) is 0. The average molecular weight is 238 g/mol. The van der Waals surface area contributed by atoms with Gasteiger partial charge in [-0.1, -0.05) is 18.2 Å². The highest BCUT2D eigenvalue weighted by Gasteiger charge is 2.15. The lowest BCUT2D eigenvalue weighted by atomic mass is 10.1. The van der Waals surface area contributed by atoms with Gasteiger partial charge < -0.3 is 10.2 Å². The van der Waals surface area contributed by atoms with Gasteiger partial charge in [0, 0.05) is 31.6 Å². The van der Waals surface area contributed by atoms with E-state index in [9.17, 15) is 5.26 Å². The maximum absolute atomic E-state index is 9.25. The largest absolute Gasteiger partial charge is 0.367 e. The minimum Gasteiger partial charge on any atom is -0.367 e. The van der Waals surface area contributed by atoms with Crippen molar-refractivity contribution in [1.29, 1.82) is 5.26 Å². The summed E-state index contributed by atoms with van der Waals surface area (Å²) < 4.78 is 0. The van der Waals surface area contributed by atoms with Gasteiger partial charge in [0.2, 0.25) is 0 Å². The Labute approximate surface area is 106 Å². The molecule has 2 aromatic rings. The number of piperazine rings is 1. The molecule has 90 valence electrons. The van der Waals surface area contributed by atoms with Gasteiger partial charge in [-0.3, -0.25) is 0 Å². The number of anilines is 1. The molecule has 1 N–H and O–H groups in total. The van der Waals surface area contributed by atoms with Crippen molar-refractivity contribution in [3.63, 3.8) is 0 Å². The van der Waals surface area contributed by atoms with Gasteiger partial charge in [0.15, 0.2) is 5.69 Å². The predicted molar refractivity (Wildman–Crippen MR) is 71.5 cm³/mol. The molecule has 1 aromatic carbocycles. The summed E-state index contributed by atoms with van der Waals surface area (Å²) in [5.41, 5.74) is 2.36. The van der Waals surface area contributed by atoms with E-state index in [1.165, 1.54) is 0 Å². The third kappa shape index (κ3) is 1.89. The molecule has 4 nitrogen and oxygen atoms in total. The molecular weight excluding hydrogens is 224 g/mol. The SMILES string of the molecule is N#Cc1nc2ccccc2cc1N1CCNCC1. The number of rotatable bonds is 1. The smallest absolute Gasteiger partial charge is 0.164 e. The fourth-order valence-electron chi connectivity index (χ4n) is 2.33. The van der Waals surface area contributed by atoms with Crippen molar-refractivity contribution in [3.8, 4) is 6.07 Å². The molecule has 1 fully saturated rings. The van der Waals surface area contributed by atoms with E-state index in [0.717, 1.165) is 42.8 Å². The summed E-state index contributed by atoms with van der Waals surface area (Å²) in [4.78, 5) is 6.68. The fourth-order valence-corrected chi connectivity index (χ4v) is 2.33. The molecule has 0 spiro atoms. The maximum Gasteiger partial charge on any atom is 0.164 e. The van der Waals surface area contributed by atoms with Crippen molar-refractivity contribution < 1.29 is 0 Å². The minimum atomic E-state index is 0.524. The van der Waals surface area contributed by atoms with Crippen LogP contribution in [0.25, 0.3) is 10.9 Å². The summed E-state index contributed by atoms with van der Waals surface area (Å²) in [6, 6.07) is 12.2. The van der Waals surface area contributed by atoms with E-state index in [2.05, 4.69) is 27.3 Å². The van der Waals surface area contributed by atoms with Crippen LogP contribution in [0.2, 0.25) is 0 Å². The number of pyridine rings is 1. The zero-order valence-electron chi connectivity index (χ0n) is 10.1. The molecule has 0 saturated carbocycles. The van der Waals surface area contributed by atoms with E-state index in [0.29, 0.717) is 5.69 Å². The van der Waals surface area contributed by atoms with Crippen LogP contribution in [-0.4, -0.2) is 31.2 Å². The average Bonchev–Trinajstić information content (AvgIpc) is 2.46. The Kier molecular flexibility index (Phi) is 2.83. The van der Waals surface area contributed by atoms with Gasteiger partial charge in [-0.15, -0.1) is 0 Å². The highest BCUT2D eigenvalue weighted by molar-refractivity contribution is 5.84. The van der Waals surface area contributed by atoms with Crippen molar-refractivity contribution in [2.45, 2.75) is 0 Å². The van der Waals surface area contributed by atoms with E-state index in [-0.39, 0.29) is 0 Å². The first-order chi connectivity index (χ1) is 8.88. The Morgan fingerprint density at radius 2 is 2.00 bits per heavy atom. The number of nitriles is 1. The lowest BCUT2D eigenvalue weighted by Gasteiger charge is -2.29. The molecule has 0 amide bonds. The zero-order valence-corrected chi connectivity index (χ0v) is 10.1. The third-order valence-corrected chi connectivity index (χ3v) is 3.27. The number of para-hydroxylation sites is 1. The summed E-state index contributed by atoms with van der Waals surface area (Å²) in [6.45, 7) is 3.76. The fraction of sp³-hybridized carbons (Fsp3) is 0.286. The lowest BCUT2D eigenvalue weighted by molar-refractivity contribution is 0.588. The zero-order chi connectivity index (χ0) is 12.4. The molecular formula is C14H14N4. The molecule has 0 radical (unpaired) electrons. The maximum atomic E-state index is 9.25. The molecule has 0 unspecified atom stereocenters. The number of hydrogen-bond acceptors (Lipinski definition) is 4. The number of fused-ring (bicyclic) bond motifs is 1. The molecule has 4 heteroatoms. The minimum absolute atomic E-state index is 0.524. The molecule has 0 bridgehead atoms. The predicted octanol–water partition coefficient (Wildman–Crippen LogP) is 1.52. The van der Waals surface area contributed by atoms with Crippen molar-refractivity contribution in [1.82, 2.24) is 10.3 Å². The molecule has 1 aromatic heterocycles. The second kappa shape index (κ2) is 4.63. The van der Waals surface area contributed by atoms with E-state index >= 15 is 0 Å². The number of nitrogens with one attached hydrogen (secondary N) is 1. The molecule has 3 rings (SSSR count). The van der Waals surface area contributed by atoms with Crippen molar-refractivity contribution in [2.75, 3.05) is 31.1 Å². The second-order valence-electron chi connectivity index (χ2n) is 4.40. The number of benzene rings is 1. The molecule has 18 heavy (non-hydrogen) atoms. The Morgan fingerprint density at radius 3 is 2.78 bits per heavy atom. The van der Waals surface area contributed by atoms with Crippen LogP contribution in [0.1, 0.15) is 5.69 Å². The lowest BCUT2D eigenvalue weighted by Crippen LogP contribution is -2.43. The number of aromatic nitrogens is 1. The first kappa shape index (κ1) is 11.0. The Balaban J connectivity index is 2.11. The molecule has 1 aliphatic heterocycles. The van der Waals surface area contributed by atoms with Gasteiger partial charge in [0.1, 0.15) is 6.07 Å². The van der Waals surface area contributed by atoms with Gasteiger partial charge in [-0.05, 0) is 12.1 Å². The summed E-state index contributed by atoms with van der Waals surface area (Å²) in [6.07, 6.45) is 0. The van der Waals surface area contributed by atoms with Crippen LogP contribution in [0, 0.1) is 11.3 Å². The summed E-state index contributed by atoms with van der Waals surface area (Å²) in [7, 11) is 0. The Hall–Kier alpha value is -2.12. The quantitative estimate of drug-likeness (QED) is 0.818. The van der Waals surface area contributed by atoms with Crippen LogP contribution in [0.4, 0.5) is 5.69 Å². The summed E-state index contributed by atoms with van der Waals surface area (Å²) >= 11 is 0. The summed E-state index contributed by atoms with van der Waals surface area (Å²) in [5, 5.41) is 13.7. The van der Waals surface area contributed by atoms with Crippen LogP contribution in [-0.2, 0) is 0 Å². The highest BCUT2D eigenvalue weighted by Crippen LogP contribution is 2.24. The molecule has 1 aliphatic rings. The highest BCUT2D eigenvalue weighted by atomic mass is 15.2. The molecule has 0 aliphatic carbocycles. The van der Waals surface area contributed by atoms with Crippen molar-refractivity contribution >= 4 is 16.6 Å². The topological polar surface area (TPSA) is 52.0 Å². The Bertz CT molecular complexity index is 609. The normalized spacial score (nSPS) is 15.6. The van der Waals surface area contributed by atoms with E-state index in [1.807, 2.05) is 24.3 Å². The van der Waals surface area contributed by atoms with Gasteiger partial charge in [-0.2, -0.15) is 5.26 Å². The Morgan fingerprint density at radius 1 is 1.22 bits per heavy atom. The van der Waals surface area contributed by atoms with Gasteiger partial charge in [0.25, 0.3) is 0 Å². The van der Waals surface area contributed by atoms with Gasteiger partial charge in [0.05, 0.1) is 11.2 Å². The van der Waals surface area contributed by atoms with Crippen LogP contribution in [0.3, 0.4) is 0 Å². The first-order valence-corrected chi connectivity index (χ1v) is 6.14. The first-order valence-electron chi connectivity index (χ1n) is 6.14. The molecule has 1 saturated heterocycles. The monoisotopic (exact) mass is 238 g/mol. The van der Waals surface area contributed by atoms with E-state index < -0.39 is 0 Å². The van der Waals surface area contributed by atoms with E-state index in [1.54, 1.807) is 0 Å². The molecule has 0 atom stereocenters. The van der Waals surface area contributed by atoms with Gasteiger partial charge in [-0.25, -0.2) is 4.98 Å².